The van der Waals surface area contributed by atoms with Crippen molar-refractivity contribution in [2.45, 2.75) is 12.1 Å². The monoisotopic (exact) mass is 462 g/mol. The topological polar surface area (TPSA) is 172 Å². The molecule has 34 heavy (non-hydrogen) atoms. The molecule has 2 atom stereocenters. The molecule has 1 heterocycles. The van der Waals surface area contributed by atoms with Gasteiger partial charge in [-0.2, -0.15) is 5.10 Å². The van der Waals surface area contributed by atoms with Crippen molar-refractivity contribution >= 4 is 40.1 Å². The summed E-state index contributed by atoms with van der Waals surface area (Å²) >= 11 is 0. The third-order valence-corrected chi connectivity index (χ3v) is 5.09. The Kier molecular flexibility index (Phi) is 6.14. The van der Waals surface area contributed by atoms with Gasteiger partial charge in [0.1, 0.15) is 17.9 Å². The normalized spacial score (nSPS) is 16.0. The van der Waals surface area contributed by atoms with Crippen molar-refractivity contribution in [1.29, 1.82) is 0 Å². The van der Waals surface area contributed by atoms with E-state index in [1.807, 2.05) is 0 Å². The third kappa shape index (κ3) is 4.66. The fraction of sp³-hybridized carbons (Fsp3) is 0.0909. The van der Waals surface area contributed by atoms with Crippen LogP contribution in [0.3, 0.4) is 0 Å². The minimum Gasteiger partial charge on any atom is -0.382 e. The number of fused-ring (bicyclic) bond motifs is 1. The summed E-state index contributed by atoms with van der Waals surface area (Å²) in [6, 6.07) is 16.9. The molecule has 1 aliphatic heterocycles. The molecule has 0 spiro atoms. The van der Waals surface area contributed by atoms with Crippen molar-refractivity contribution in [2.24, 2.45) is 5.10 Å². The van der Waals surface area contributed by atoms with E-state index in [9.17, 15) is 30.1 Å². The third-order valence-electron chi connectivity index (χ3n) is 5.09. The molecular weight excluding hydrogens is 444 g/mol. The molecule has 172 valence electrons. The second kappa shape index (κ2) is 9.34. The Morgan fingerprint density at radius 3 is 2.35 bits per heavy atom. The number of aliphatic hydroxyl groups is 1. The number of nitro benzene ring substituents is 2. The lowest BCUT2D eigenvalue weighted by Crippen LogP contribution is -2.47. The van der Waals surface area contributed by atoms with E-state index in [-0.39, 0.29) is 28.3 Å². The van der Waals surface area contributed by atoms with E-state index in [4.69, 9.17) is 0 Å². The van der Waals surface area contributed by atoms with Gasteiger partial charge in [-0.3, -0.25) is 30.4 Å². The van der Waals surface area contributed by atoms with E-state index in [1.165, 1.54) is 42.5 Å². The lowest BCUT2D eigenvalue weighted by molar-refractivity contribution is -0.385. The molecule has 12 nitrogen and oxygen atoms in total. The Labute approximate surface area is 192 Å². The zero-order valence-electron chi connectivity index (χ0n) is 17.4. The second-order valence-electron chi connectivity index (χ2n) is 7.32. The largest absolute Gasteiger partial charge is 0.382 e. The van der Waals surface area contributed by atoms with Crippen LogP contribution in [-0.2, 0) is 4.79 Å². The summed E-state index contributed by atoms with van der Waals surface area (Å²) in [6.45, 7) is 0. The van der Waals surface area contributed by atoms with Gasteiger partial charge in [0.25, 0.3) is 17.3 Å². The van der Waals surface area contributed by atoms with Gasteiger partial charge in [0, 0.05) is 24.3 Å². The number of hydrazone groups is 1. The number of amides is 1. The van der Waals surface area contributed by atoms with Crippen LogP contribution in [0.15, 0.2) is 77.9 Å². The Bertz CT molecular complexity index is 1300. The maximum atomic E-state index is 12.9. The molecule has 4 rings (SSSR count). The molecule has 0 fully saturated rings. The highest BCUT2D eigenvalue weighted by atomic mass is 16.6. The fourth-order valence-corrected chi connectivity index (χ4v) is 3.41. The number of nitrogens with zero attached hydrogens (tertiary/aromatic N) is 3. The van der Waals surface area contributed by atoms with Crippen LogP contribution in [0.25, 0.3) is 0 Å². The molecule has 1 amide bonds. The van der Waals surface area contributed by atoms with Crippen LogP contribution in [0.1, 0.15) is 11.7 Å². The van der Waals surface area contributed by atoms with Gasteiger partial charge < -0.3 is 15.7 Å². The van der Waals surface area contributed by atoms with Crippen LogP contribution in [-0.4, -0.2) is 32.6 Å². The Hall–Kier alpha value is -4.84. The van der Waals surface area contributed by atoms with E-state index >= 15 is 0 Å². The molecule has 0 aliphatic carbocycles. The summed E-state index contributed by atoms with van der Waals surface area (Å²) < 4.78 is 0. The Morgan fingerprint density at radius 2 is 1.65 bits per heavy atom. The van der Waals surface area contributed by atoms with Gasteiger partial charge in [-0.05, 0) is 23.8 Å². The minimum atomic E-state index is -1.49. The second-order valence-corrected chi connectivity index (χ2v) is 7.32. The summed E-state index contributed by atoms with van der Waals surface area (Å²) in [7, 11) is 0. The highest BCUT2D eigenvalue weighted by Gasteiger charge is 2.35. The first kappa shape index (κ1) is 22.4. The van der Waals surface area contributed by atoms with Gasteiger partial charge in [0.05, 0.1) is 26.9 Å². The van der Waals surface area contributed by atoms with Crippen LogP contribution in [0.2, 0.25) is 0 Å². The number of rotatable bonds is 7. The SMILES string of the molecule is O=C1Nc2cc([N+](=O)[O-])ccc2N[C@@H]1/C(=N\Nc1ccccc1)[C@H](O)c1cccc([N+](=O)[O-])c1. The van der Waals surface area contributed by atoms with E-state index in [0.717, 1.165) is 0 Å². The summed E-state index contributed by atoms with van der Waals surface area (Å²) in [5, 5.41) is 43.1. The van der Waals surface area contributed by atoms with Crippen LogP contribution in [0, 0.1) is 20.2 Å². The maximum absolute atomic E-state index is 12.9. The van der Waals surface area contributed by atoms with Gasteiger partial charge in [-0.15, -0.1) is 0 Å². The fourth-order valence-electron chi connectivity index (χ4n) is 3.41. The standard InChI is InChI=1S/C22H18N6O6/c29-21(13-5-4-8-15(11-13)27(31)32)19(26-25-14-6-2-1-3-7-14)20-22(30)24-18-12-16(28(33)34)9-10-17(18)23-20/h1-12,20-21,23,25,29H,(H,24,30)/b26-19+/t20-,21-/m1/s1. The lowest BCUT2D eigenvalue weighted by atomic mass is 9.96. The minimum absolute atomic E-state index is 0.0640. The quantitative estimate of drug-likeness (QED) is 0.235. The van der Waals surface area contributed by atoms with Crippen molar-refractivity contribution < 1.29 is 19.7 Å². The molecule has 0 bridgehead atoms. The predicted molar refractivity (Wildman–Crippen MR) is 125 cm³/mol. The number of aliphatic hydroxyl groups excluding tert-OH is 1. The zero-order valence-corrected chi connectivity index (χ0v) is 17.4. The first-order chi connectivity index (χ1) is 16.3. The molecule has 0 aromatic heterocycles. The first-order valence-electron chi connectivity index (χ1n) is 10.0. The van der Waals surface area contributed by atoms with Gasteiger partial charge in [0.15, 0.2) is 0 Å². The van der Waals surface area contributed by atoms with Crippen LogP contribution in [0.5, 0.6) is 0 Å². The van der Waals surface area contributed by atoms with Crippen molar-refractivity contribution in [3.63, 3.8) is 0 Å². The van der Waals surface area contributed by atoms with Gasteiger partial charge in [-0.25, -0.2) is 0 Å². The molecule has 0 saturated heterocycles. The zero-order chi connectivity index (χ0) is 24.2. The molecule has 4 N–H and O–H groups in total. The lowest BCUT2D eigenvalue weighted by Gasteiger charge is -2.29. The number of hydrogen-bond donors (Lipinski definition) is 4. The number of carbonyl (C=O) groups excluding carboxylic acids is 1. The highest BCUT2D eigenvalue weighted by Crippen LogP contribution is 2.32. The average Bonchev–Trinajstić information content (AvgIpc) is 2.84. The number of carbonyl (C=O) groups is 1. The number of benzene rings is 3. The molecule has 0 radical (unpaired) electrons. The van der Waals surface area contributed by atoms with Gasteiger partial charge >= 0.3 is 0 Å². The molecule has 0 unspecified atom stereocenters. The number of nitrogens with one attached hydrogen (secondary N) is 3. The maximum Gasteiger partial charge on any atom is 0.271 e. The van der Waals surface area contributed by atoms with Crippen molar-refractivity contribution in [1.82, 2.24) is 0 Å². The Balaban J connectivity index is 1.72. The van der Waals surface area contributed by atoms with Crippen molar-refractivity contribution in [3.8, 4) is 0 Å². The van der Waals surface area contributed by atoms with Gasteiger partial charge in [-0.1, -0.05) is 30.3 Å². The van der Waals surface area contributed by atoms with E-state index in [2.05, 4.69) is 21.2 Å². The summed E-state index contributed by atoms with van der Waals surface area (Å²) in [5.41, 5.74) is 3.62. The van der Waals surface area contributed by atoms with Gasteiger partial charge in [0.2, 0.25) is 0 Å². The number of para-hydroxylation sites is 1. The first-order valence-corrected chi connectivity index (χ1v) is 10.0. The summed E-state index contributed by atoms with van der Waals surface area (Å²) in [5.74, 6) is -0.619. The molecular formula is C22H18N6O6. The average molecular weight is 462 g/mol. The summed E-state index contributed by atoms with van der Waals surface area (Å²) in [6.07, 6.45) is -1.49. The summed E-state index contributed by atoms with van der Waals surface area (Å²) in [4.78, 5) is 34.0. The van der Waals surface area contributed by atoms with Crippen LogP contribution < -0.4 is 16.1 Å². The molecule has 3 aromatic carbocycles. The molecule has 0 saturated carbocycles. The molecule has 3 aromatic rings. The number of anilines is 3. The Morgan fingerprint density at radius 1 is 0.941 bits per heavy atom. The van der Waals surface area contributed by atoms with Crippen LogP contribution >= 0.6 is 0 Å². The van der Waals surface area contributed by atoms with Crippen LogP contribution in [0.4, 0.5) is 28.4 Å². The highest BCUT2D eigenvalue weighted by molar-refractivity contribution is 6.19. The molecule has 1 aliphatic rings. The smallest absolute Gasteiger partial charge is 0.271 e. The number of non-ortho nitro benzene ring substituents is 2. The van der Waals surface area contributed by atoms with E-state index in [1.54, 1.807) is 30.3 Å². The van der Waals surface area contributed by atoms with E-state index < -0.39 is 27.9 Å². The van der Waals surface area contributed by atoms with E-state index in [0.29, 0.717) is 11.4 Å². The number of nitro groups is 2. The number of hydrogen-bond acceptors (Lipinski definition) is 9. The van der Waals surface area contributed by atoms with Crippen molar-refractivity contribution in [3.05, 3.63) is 98.6 Å². The van der Waals surface area contributed by atoms with Crippen molar-refractivity contribution in [2.75, 3.05) is 16.1 Å². The predicted octanol–water partition coefficient (Wildman–Crippen LogP) is 3.44. The molecule has 12 heteroatoms.